The molecule has 0 bridgehead atoms. The van der Waals surface area contributed by atoms with Gasteiger partial charge in [0.2, 0.25) is 5.91 Å². The van der Waals surface area contributed by atoms with Gasteiger partial charge in [-0.2, -0.15) is 0 Å². The molecule has 404 valence electrons. The van der Waals surface area contributed by atoms with Gasteiger partial charge in [0.05, 0.1) is 25.4 Å². The molecule has 3 N–H and O–H groups in total. The molecule has 1 amide bonds. The fourth-order valence-corrected chi connectivity index (χ4v) is 9.81. The van der Waals surface area contributed by atoms with Crippen LogP contribution in [0.25, 0.3) is 0 Å². The standard InChI is InChI=1S/C62H121NO5/c1-3-5-7-9-11-13-14-15-33-36-40-44-48-52-56-62(67)68-57-53-49-45-41-37-34-31-29-27-25-23-21-19-17-16-18-20-22-24-26-28-30-32-35-39-43-47-51-55-61(66)63-59(58-64)60(65)54-50-46-42-38-12-10-8-6-4-2/h50,54,59-60,64-65H,3-49,51-53,55-58H2,1-2H3,(H,63,66)/b54-50+. The number of unbranched alkanes of at least 4 members (excludes halogenated alkanes) is 47. The summed E-state index contributed by atoms with van der Waals surface area (Å²) in [6.07, 6.45) is 69.9. The van der Waals surface area contributed by atoms with Crippen molar-refractivity contribution >= 4 is 11.9 Å². The average Bonchev–Trinajstić information content (AvgIpc) is 3.34. The summed E-state index contributed by atoms with van der Waals surface area (Å²) < 4.78 is 5.49. The molecule has 0 aromatic carbocycles. The number of hydrogen-bond donors (Lipinski definition) is 3. The highest BCUT2D eigenvalue weighted by Crippen LogP contribution is 2.18. The maximum absolute atomic E-state index is 12.4. The second-order valence-electron chi connectivity index (χ2n) is 21.4. The first kappa shape index (κ1) is 66.6. The largest absolute Gasteiger partial charge is 0.466 e. The molecule has 6 heteroatoms. The third-order valence-electron chi connectivity index (χ3n) is 14.6. The number of esters is 1. The van der Waals surface area contributed by atoms with E-state index in [4.69, 9.17) is 4.74 Å². The molecule has 0 aliphatic carbocycles. The highest BCUT2D eigenvalue weighted by atomic mass is 16.5. The minimum atomic E-state index is -0.839. The highest BCUT2D eigenvalue weighted by molar-refractivity contribution is 5.76. The van der Waals surface area contributed by atoms with Crippen molar-refractivity contribution in [3.63, 3.8) is 0 Å². The van der Waals surface area contributed by atoms with E-state index in [9.17, 15) is 19.8 Å². The second kappa shape index (κ2) is 58.2. The Kier molecular flexibility index (Phi) is 57.0. The van der Waals surface area contributed by atoms with Crippen LogP contribution in [0.4, 0.5) is 0 Å². The molecular formula is C62H121NO5. The Morgan fingerprint density at radius 2 is 0.676 bits per heavy atom. The van der Waals surface area contributed by atoms with Gasteiger partial charge in [-0.15, -0.1) is 0 Å². The lowest BCUT2D eigenvalue weighted by molar-refractivity contribution is -0.143. The summed E-state index contributed by atoms with van der Waals surface area (Å²) in [7, 11) is 0. The summed E-state index contributed by atoms with van der Waals surface area (Å²) in [5, 5.41) is 22.9. The SMILES string of the molecule is CCCCCCCCC/C=C/C(O)C(CO)NC(=O)CCCCCCCCCCCCCCCCCCCCCCCCCCCCCCOC(=O)CCCCCCCCCCCCCCCC. The Balaban J connectivity index is 3.31. The van der Waals surface area contributed by atoms with Crippen molar-refractivity contribution < 1.29 is 24.5 Å². The Morgan fingerprint density at radius 3 is 1.00 bits per heavy atom. The number of allylic oxidation sites excluding steroid dienone is 1. The number of aliphatic hydroxyl groups excluding tert-OH is 2. The number of aliphatic hydroxyl groups is 2. The van der Waals surface area contributed by atoms with Crippen molar-refractivity contribution in [3.8, 4) is 0 Å². The predicted molar refractivity (Wildman–Crippen MR) is 297 cm³/mol. The van der Waals surface area contributed by atoms with Gasteiger partial charge < -0.3 is 20.3 Å². The van der Waals surface area contributed by atoms with Crippen LogP contribution in [-0.2, 0) is 14.3 Å². The molecule has 0 aliphatic heterocycles. The minimum Gasteiger partial charge on any atom is -0.466 e. The van der Waals surface area contributed by atoms with Crippen LogP contribution < -0.4 is 5.32 Å². The molecule has 68 heavy (non-hydrogen) atoms. The van der Waals surface area contributed by atoms with Crippen LogP contribution in [0.15, 0.2) is 12.2 Å². The van der Waals surface area contributed by atoms with Crippen molar-refractivity contribution in [1.82, 2.24) is 5.32 Å². The van der Waals surface area contributed by atoms with Crippen LogP contribution in [-0.4, -0.2) is 47.4 Å². The zero-order valence-corrected chi connectivity index (χ0v) is 46.1. The summed E-state index contributed by atoms with van der Waals surface area (Å²) in [4.78, 5) is 24.4. The fourth-order valence-electron chi connectivity index (χ4n) is 9.81. The van der Waals surface area contributed by atoms with E-state index in [1.165, 1.54) is 283 Å². The summed E-state index contributed by atoms with van der Waals surface area (Å²) in [6.45, 7) is 4.90. The maximum atomic E-state index is 12.4. The lowest BCUT2D eigenvalue weighted by Gasteiger charge is -2.20. The summed E-state index contributed by atoms with van der Waals surface area (Å²) >= 11 is 0. The number of amides is 1. The van der Waals surface area contributed by atoms with E-state index in [-0.39, 0.29) is 18.5 Å². The molecule has 0 fully saturated rings. The van der Waals surface area contributed by atoms with E-state index in [1.54, 1.807) is 6.08 Å². The van der Waals surface area contributed by atoms with Crippen molar-refractivity contribution in [1.29, 1.82) is 0 Å². The molecule has 0 aromatic rings. The second-order valence-corrected chi connectivity index (χ2v) is 21.4. The van der Waals surface area contributed by atoms with Crippen molar-refractivity contribution in [2.24, 2.45) is 0 Å². The Bertz CT molecular complexity index is 1020. The van der Waals surface area contributed by atoms with Crippen molar-refractivity contribution in [3.05, 3.63) is 12.2 Å². The molecule has 0 radical (unpaired) electrons. The van der Waals surface area contributed by atoms with E-state index < -0.39 is 12.1 Å². The number of hydrogen-bond acceptors (Lipinski definition) is 5. The lowest BCUT2D eigenvalue weighted by Crippen LogP contribution is -2.45. The van der Waals surface area contributed by atoms with E-state index >= 15 is 0 Å². The number of carbonyl (C=O) groups is 2. The number of rotatable bonds is 58. The van der Waals surface area contributed by atoms with Crippen molar-refractivity contribution in [2.75, 3.05) is 13.2 Å². The molecule has 0 aromatic heterocycles. The molecule has 2 unspecified atom stereocenters. The summed E-state index contributed by atoms with van der Waals surface area (Å²) in [6, 6.07) is -0.622. The third kappa shape index (κ3) is 53.9. The van der Waals surface area contributed by atoms with Gasteiger partial charge in [-0.1, -0.05) is 315 Å². The monoisotopic (exact) mass is 960 g/mol. The van der Waals surface area contributed by atoms with Crippen LogP contribution in [0.1, 0.15) is 348 Å². The van der Waals surface area contributed by atoms with Crippen LogP contribution >= 0.6 is 0 Å². The van der Waals surface area contributed by atoms with Gasteiger partial charge in [0.1, 0.15) is 0 Å². The first-order chi connectivity index (χ1) is 33.5. The summed E-state index contributed by atoms with van der Waals surface area (Å²) in [5.41, 5.74) is 0. The zero-order chi connectivity index (χ0) is 49.3. The normalized spacial score (nSPS) is 12.6. The Hall–Kier alpha value is -1.40. The maximum Gasteiger partial charge on any atom is 0.305 e. The molecule has 0 heterocycles. The predicted octanol–water partition coefficient (Wildman–Crippen LogP) is 19.2. The quantitative estimate of drug-likeness (QED) is 0.0321. The van der Waals surface area contributed by atoms with Gasteiger partial charge in [0.25, 0.3) is 0 Å². The number of ether oxygens (including phenoxy) is 1. The number of carbonyl (C=O) groups excluding carboxylic acids is 2. The van der Waals surface area contributed by atoms with Gasteiger partial charge >= 0.3 is 5.97 Å². The minimum absolute atomic E-state index is 0.0210. The van der Waals surface area contributed by atoms with Gasteiger partial charge in [0.15, 0.2) is 0 Å². The summed E-state index contributed by atoms with van der Waals surface area (Å²) in [5.74, 6) is -0.0451. The smallest absolute Gasteiger partial charge is 0.305 e. The van der Waals surface area contributed by atoms with Crippen LogP contribution in [0.5, 0.6) is 0 Å². The van der Waals surface area contributed by atoms with Crippen LogP contribution in [0.2, 0.25) is 0 Å². The zero-order valence-electron chi connectivity index (χ0n) is 46.1. The Labute approximate surface area is 425 Å². The molecule has 0 saturated heterocycles. The topological polar surface area (TPSA) is 95.9 Å². The average molecular weight is 961 g/mol. The molecular weight excluding hydrogens is 839 g/mol. The third-order valence-corrected chi connectivity index (χ3v) is 14.6. The van der Waals surface area contributed by atoms with E-state index in [0.717, 1.165) is 38.5 Å². The number of nitrogens with one attached hydrogen (secondary N) is 1. The van der Waals surface area contributed by atoms with Crippen molar-refractivity contribution in [2.45, 2.75) is 360 Å². The molecule has 6 nitrogen and oxygen atoms in total. The van der Waals surface area contributed by atoms with Crippen LogP contribution in [0, 0.1) is 0 Å². The first-order valence-corrected chi connectivity index (χ1v) is 31.0. The highest BCUT2D eigenvalue weighted by Gasteiger charge is 2.18. The van der Waals surface area contributed by atoms with Gasteiger partial charge in [-0.3, -0.25) is 9.59 Å². The van der Waals surface area contributed by atoms with E-state index in [1.807, 2.05) is 6.08 Å². The Morgan fingerprint density at radius 1 is 0.397 bits per heavy atom. The van der Waals surface area contributed by atoms with Gasteiger partial charge in [-0.05, 0) is 32.1 Å². The molecule has 0 saturated carbocycles. The molecule has 0 aliphatic rings. The first-order valence-electron chi connectivity index (χ1n) is 31.0. The molecule has 0 spiro atoms. The van der Waals surface area contributed by atoms with Crippen LogP contribution in [0.3, 0.4) is 0 Å². The van der Waals surface area contributed by atoms with Gasteiger partial charge in [-0.25, -0.2) is 0 Å². The van der Waals surface area contributed by atoms with Gasteiger partial charge in [0, 0.05) is 12.8 Å². The fraction of sp³-hybridized carbons (Fsp3) is 0.935. The molecule has 0 rings (SSSR count). The lowest BCUT2D eigenvalue weighted by atomic mass is 10.0. The van der Waals surface area contributed by atoms with E-state index in [2.05, 4.69) is 19.2 Å². The molecule has 2 atom stereocenters. The van der Waals surface area contributed by atoms with E-state index in [0.29, 0.717) is 19.4 Å².